The van der Waals surface area contributed by atoms with E-state index in [1.807, 2.05) is 0 Å². The summed E-state index contributed by atoms with van der Waals surface area (Å²) >= 11 is 1.78. The Labute approximate surface area is 146 Å². The predicted octanol–water partition coefficient (Wildman–Crippen LogP) is 3.27. The molecule has 0 aromatic carbocycles. The second-order valence-corrected chi connectivity index (χ2v) is 7.83. The first-order chi connectivity index (χ1) is 11.7. The van der Waals surface area contributed by atoms with Crippen molar-refractivity contribution >= 4 is 27.4 Å². The highest BCUT2D eigenvalue weighted by Gasteiger charge is 2.19. The SMILES string of the molecule is Cc1sc2nc(CN3CCOCC3)nc(NC3CC=CC3)c2c1C. The normalized spacial score (nSPS) is 19.4. The monoisotopic (exact) mass is 344 g/mol. The molecule has 128 valence electrons. The van der Waals surface area contributed by atoms with E-state index in [9.17, 15) is 0 Å². The van der Waals surface area contributed by atoms with Gasteiger partial charge in [0.25, 0.3) is 0 Å². The molecule has 0 radical (unpaired) electrons. The summed E-state index contributed by atoms with van der Waals surface area (Å²) in [5.41, 5.74) is 1.31. The molecule has 1 N–H and O–H groups in total. The van der Waals surface area contributed by atoms with Crippen LogP contribution in [-0.4, -0.2) is 47.2 Å². The fourth-order valence-corrected chi connectivity index (χ4v) is 4.40. The van der Waals surface area contributed by atoms with E-state index in [0.29, 0.717) is 6.04 Å². The number of aryl methyl sites for hydroxylation is 2. The van der Waals surface area contributed by atoms with E-state index >= 15 is 0 Å². The summed E-state index contributed by atoms with van der Waals surface area (Å²) in [4.78, 5) is 14.6. The molecule has 6 heteroatoms. The Bertz CT molecular complexity index is 756. The second-order valence-electron chi connectivity index (χ2n) is 6.62. The van der Waals surface area contributed by atoms with Gasteiger partial charge in [-0.2, -0.15) is 0 Å². The van der Waals surface area contributed by atoms with Crippen LogP contribution in [0.15, 0.2) is 12.2 Å². The lowest BCUT2D eigenvalue weighted by molar-refractivity contribution is 0.0331. The molecule has 4 rings (SSSR count). The molecule has 0 bridgehead atoms. The van der Waals surface area contributed by atoms with Crippen molar-refractivity contribution in [2.75, 3.05) is 31.6 Å². The lowest BCUT2D eigenvalue weighted by Gasteiger charge is -2.26. The zero-order valence-corrected chi connectivity index (χ0v) is 15.2. The Hall–Kier alpha value is -1.50. The van der Waals surface area contributed by atoms with Crippen molar-refractivity contribution in [1.29, 1.82) is 0 Å². The third kappa shape index (κ3) is 3.18. The van der Waals surface area contributed by atoms with Crippen LogP contribution in [-0.2, 0) is 11.3 Å². The van der Waals surface area contributed by atoms with Gasteiger partial charge in [-0.25, -0.2) is 9.97 Å². The summed E-state index contributed by atoms with van der Waals surface area (Å²) in [7, 11) is 0. The minimum Gasteiger partial charge on any atom is -0.379 e. The van der Waals surface area contributed by atoms with Crippen LogP contribution in [0.1, 0.15) is 29.1 Å². The van der Waals surface area contributed by atoms with E-state index in [-0.39, 0.29) is 0 Å². The van der Waals surface area contributed by atoms with Crippen molar-refractivity contribution in [1.82, 2.24) is 14.9 Å². The second kappa shape index (κ2) is 6.78. The molecule has 0 saturated carbocycles. The predicted molar refractivity (Wildman–Crippen MR) is 98.8 cm³/mol. The number of nitrogens with one attached hydrogen (secondary N) is 1. The van der Waals surface area contributed by atoms with Crippen LogP contribution in [0.25, 0.3) is 10.2 Å². The Balaban J connectivity index is 1.66. The topological polar surface area (TPSA) is 50.3 Å². The quantitative estimate of drug-likeness (QED) is 0.863. The Morgan fingerprint density at radius 2 is 1.96 bits per heavy atom. The Morgan fingerprint density at radius 3 is 2.71 bits per heavy atom. The van der Waals surface area contributed by atoms with Crippen LogP contribution < -0.4 is 5.32 Å². The molecule has 2 aromatic heterocycles. The van der Waals surface area contributed by atoms with Gasteiger partial charge in [0.15, 0.2) is 0 Å². The maximum Gasteiger partial charge on any atom is 0.146 e. The fourth-order valence-electron chi connectivity index (χ4n) is 3.36. The highest BCUT2D eigenvalue weighted by Crippen LogP contribution is 2.34. The van der Waals surface area contributed by atoms with Gasteiger partial charge in [0.05, 0.1) is 25.1 Å². The molecule has 3 heterocycles. The van der Waals surface area contributed by atoms with Crippen molar-refractivity contribution < 1.29 is 4.74 Å². The van der Waals surface area contributed by atoms with Crippen LogP contribution >= 0.6 is 11.3 Å². The fraction of sp³-hybridized carbons (Fsp3) is 0.556. The summed E-state index contributed by atoms with van der Waals surface area (Å²) in [6.07, 6.45) is 6.64. The van der Waals surface area contributed by atoms with Gasteiger partial charge >= 0.3 is 0 Å². The van der Waals surface area contributed by atoms with Gasteiger partial charge in [0.2, 0.25) is 0 Å². The highest BCUT2D eigenvalue weighted by atomic mass is 32.1. The van der Waals surface area contributed by atoms with Crippen molar-refractivity contribution in [3.05, 3.63) is 28.4 Å². The molecule has 1 saturated heterocycles. The summed E-state index contributed by atoms with van der Waals surface area (Å²) < 4.78 is 5.44. The molecule has 0 amide bonds. The van der Waals surface area contributed by atoms with E-state index in [4.69, 9.17) is 14.7 Å². The van der Waals surface area contributed by atoms with E-state index in [1.54, 1.807) is 11.3 Å². The molecule has 0 spiro atoms. The van der Waals surface area contributed by atoms with Crippen molar-refractivity contribution in [2.45, 2.75) is 39.3 Å². The number of nitrogens with zero attached hydrogens (tertiary/aromatic N) is 3. The Morgan fingerprint density at radius 1 is 1.21 bits per heavy atom. The third-order valence-electron chi connectivity index (χ3n) is 4.89. The molecular weight excluding hydrogens is 320 g/mol. The first kappa shape index (κ1) is 16.0. The number of thiophene rings is 1. The van der Waals surface area contributed by atoms with Gasteiger partial charge in [-0.1, -0.05) is 12.2 Å². The summed E-state index contributed by atoms with van der Waals surface area (Å²) in [5.74, 6) is 1.93. The van der Waals surface area contributed by atoms with Crippen molar-refractivity contribution in [2.24, 2.45) is 0 Å². The molecule has 1 aliphatic carbocycles. The first-order valence-electron chi connectivity index (χ1n) is 8.69. The number of hydrogen-bond acceptors (Lipinski definition) is 6. The number of ether oxygens (including phenoxy) is 1. The smallest absolute Gasteiger partial charge is 0.146 e. The lowest BCUT2D eigenvalue weighted by atomic mass is 10.2. The zero-order chi connectivity index (χ0) is 16.5. The van der Waals surface area contributed by atoms with Gasteiger partial charge < -0.3 is 10.1 Å². The molecule has 2 aliphatic rings. The summed E-state index contributed by atoms with van der Waals surface area (Å²) in [6, 6.07) is 0.457. The minimum absolute atomic E-state index is 0.457. The molecule has 2 aromatic rings. The number of aromatic nitrogens is 2. The largest absolute Gasteiger partial charge is 0.379 e. The molecule has 0 unspecified atom stereocenters. The van der Waals surface area contributed by atoms with Crippen LogP contribution in [0.3, 0.4) is 0 Å². The first-order valence-corrected chi connectivity index (χ1v) is 9.50. The van der Waals surface area contributed by atoms with Crippen LogP contribution in [0.4, 0.5) is 5.82 Å². The molecular formula is C18H24N4OS. The maximum absolute atomic E-state index is 5.44. The molecule has 5 nitrogen and oxygen atoms in total. The summed E-state index contributed by atoms with van der Waals surface area (Å²) in [5, 5.41) is 4.87. The number of fused-ring (bicyclic) bond motifs is 1. The average Bonchev–Trinajstić information content (AvgIpc) is 3.17. The number of rotatable bonds is 4. The van der Waals surface area contributed by atoms with Crippen LogP contribution in [0.5, 0.6) is 0 Å². The third-order valence-corrected chi connectivity index (χ3v) is 5.99. The van der Waals surface area contributed by atoms with Gasteiger partial charge in [-0.15, -0.1) is 11.3 Å². The van der Waals surface area contributed by atoms with E-state index < -0.39 is 0 Å². The standard InChI is InChI=1S/C18H24N4OS/c1-12-13(2)24-18-16(12)17(19-14-5-3-4-6-14)20-15(21-18)11-22-7-9-23-10-8-22/h3-4,14H,5-11H2,1-2H3,(H,19,20,21). The maximum atomic E-state index is 5.44. The summed E-state index contributed by atoms with van der Waals surface area (Å²) in [6.45, 7) is 8.67. The number of morpholine rings is 1. The molecule has 24 heavy (non-hydrogen) atoms. The minimum atomic E-state index is 0.457. The number of anilines is 1. The molecule has 0 atom stereocenters. The van der Waals surface area contributed by atoms with E-state index in [2.05, 4.69) is 36.2 Å². The molecule has 1 aliphatic heterocycles. The van der Waals surface area contributed by atoms with Gasteiger partial charge in [-0.05, 0) is 32.3 Å². The van der Waals surface area contributed by atoms with Crippen LogP contribution in [0, 0.1) is 13.8 Å². The van der Waals surface area contributed by atoms with Crippen LogP contribution in [0.2, 0.25) is 0 Å². The van der Waals surface area contributed by atoms with Gasteiger partial charge in [0, 0.05) is 24.0 Å². The van der Waals surface area contributed by atoms with Gasteiger partial charge in [0.1, 0.15) is 16.5 Å². The lowest BCUT2D eigenvalue weighted by Crippen LogP contribution is -2.36. The molecule has 1 fully saturated rings. The number of hydrogen-bond donors (Lipinski definition) is 1. The van der Waals surface area contributed by atoms with Gasteiger partial charge in [-0.3, -0.25) is 4.90 Å². The van der Waals surface area contributed by atoms with E-state index in [1.165, 1.54) is 15.8 Å². The highest BCUT2D eigenvalue weighted by molar-refractivity contribution is 7.18. The average molecular weight is 344 g/mol. The van der Waals surface area contributed by atoms with Crippen molar-refractivity contribution in [3.63, 3.8) is 0 Å². The zero-order valence-electron chi connectivity index (χ0n) is 14.3. The Kier molecular flexibility index (Phi) is 4.52. The van der Waals surface area contributed by atoms with E-state index in [0.717, 1.165) is 62.2 Å². The van der Waals surface area contributed by atoms with Crippen molar-refractivity contribution in [3.8, 4) is 0 Å².